The van der Waals surface area contributed by atoms with Crippen molar-refractivity contribution in [3.8, 4) is 0 Å². The number of hydrogen-bond donors (Lipinski definition) is 0. The van der Waals surface area contributed by atoms with Gasteiger partial charge < -0.3 is 13.8 Å². The fourth-order valence-corrected chi connectivity index (χ4v) is 0.902. The Bertz CT molecular complexity index is 79.2. The minimum Gasteiger partial charge on any atom is -0.342 e. The van der Waals surface area contributed by atoms with E-state index in [1.165, 1.54) is 0 Å². The van der Waals surface area contributed by atoms with Gasteiger partial charge in [-0.25, -0.2) is 0 Å². The van der Waals surface area contributed by atoms with Gasteiger partial charge in [0.2, 0.25) is 0 Å². The van der Waals surface area contributed by atoms with E-state index < -0.39 is 0 Å². The third kappa shape index (κ3) is 4.85. The van der Waals surface area contributed by atoms with Gasteiger partial charge in [-0.3, -0.25) is 0 Å². The van der Waals surface area contributed by atoms with Gasteiger partial charge in [-0.2, -0.15) is 11.3 Å². The van der Waals surface area contributed by atoms with Gasteiger partial charge in [-0.15, -0.1) is 0 Å². The van der Waals surface area contributed by atoms with Crippen molar-refractivity contribution >= 4 is 0 Å². The summed E-state index contributed by atoms with van der Waals surface area (Å²) in [4.78, 5) is 0. The molecule has 0 aromatic rings. The Labute approximate surface area is 91.0 Å². The Kier molecular flexibility index (Phi) is 6.67. The minimum absolute atomic E-state index is 0. The topological polar surface area (TPSA) is 0 Å². The second kappa shape index (κ2) is 4.88. The van der Waals surface area contributed by atoms with Crippen LogP contribution in [0.4, 0.5) is 0 Å². The summed E-state index contributed by atoms with van der Waals surface area (Å²) in [5.74, 6) is 1.09. The fraction of sp³-hybridized carbons (Fsp3) is 0.778. The summed E-state index contributed by atoms with van der Waals surface area (Å²) in [6.45, 7) is 16.7. The van der Waals surface area contributed by atoms with Crippen LogP contribution in [0.15, 0.2) is 0 Å². The van der Waals surface area contributed by atoms with E-state index in [1.807, 2.05) is 0 Å². The second-order valence-corrected chi connectivity index (χ2v) is 3.84. The van der Waals surface area contributed by atoms with Crippen LogP contribution >= 0.6 is 0 Å². The molecule has 0 amide bonds. The second-order valence-electron chi connectivity index (χ2n) is 3.84. The molecular formula is C9H18Y-2. The molecule has 0 saturated carbocycles. The SMILES string of the molecule is [CH2-][C@@H](C(C)C)C([CH2-])(C)C.[Y]. The van der Waals surface area contributed by atoms with Crippen LogP contribution < -0.4 is 0 Å². The largest absolute Gasteiger partial charge is 0.342 e. The Balaban J connectivity index is 0. The summed E-state index contributed by atoms with van der Waals surface area (Å²) < 4.78 is 0. The van der Waals surface area contributed by atoms with E-state index in [2.05, 4.69) is 41.5 Å². The monoisotopic (exact) mass is 215 g/mol. The van der Waals surface area contributed by atoms with Crippen LogP contribution in [0.1, 0.15) is 27.7 Å². The van der Waals surface area contributed by atoms with Gasteiger partial charge in [0.05, 0.1) is 0 Å². The van der Waals surface area contributed by atoms with Gasteiger partial charge in [0.1, 0.15) is 0 Å². The van der Waals surface area contributed by atoms with E-state index in [1.54, 1.807) is 0 Å². The van der Waals surface area contributed by atoms with Gasteiger partial charge in [-0.05, 0) is 0 Å². The van der Waals surface area contributed by atoms with E-state index in [-0.39, 0.29) is 38.1 Å². The van der Waals surface area contributed by atoms with Crippen molar-refractivity contribution in [1.29, 1.82) is 0 Å². The first-order chi connectivity index (χ1) is 3.85. The van der Waals surface area contributed by atoms with Gasteiger partial charge in [0, 0.05) is 32.7 Å². The quantitative estimate of drug-likeness (QED) is 0.621. The molecule has 0 aromatic carbocycles. The molecule has 0 N–H and O–H groups in total. The van der Waals surface area contributed by atoms with Crippen molar-refractivity contribution < 1.29 is 32.7 Å². The van der Waals surface area contributed by atoms with Crippen LogP contribution in [0.3, 0.4) is 0 Å². The predicted octanol–water partition coefficient (Wildman–Crippen LogP) is 2.95. The number of hydrogen-bond acceptors (Lipinski definition) is 0. The summed E-state index contributed by atoms with van der Waals surface area (Å²) in [7, 11) is 0. The maximum Gasteiger partial charge on any atom is 0 e. The molecule has 59 valence electrons. The van der Waals surface area contributed by atoms with E-state index in [0.29, 0.717) is 11.8 Å². The van der Waals surface area contributed by atoms with E-state index >= 15 is 0 Å². The minimum atomic E-state index is 0. The van der Waals surface area contributed by atoms with Crippen molar-refractivity contribution in [1.82, 2.24) is 0 Å². The smallest absolute Gasteiger partial charge is 0 e. The summed E-state index contributed by atoms with van der Waals surface area (Å²) in [6.07, 6.45) is 0. The van der Waals surface area contributed by atoms with Crippen LogP contribution in [0.5, 0.6) is 0 Å². The van der Waals surface area contributed by atoms with E-state index in [9.17, 15) is 0 Å². The van der Waals surface area contributed by atoms with Crippen molar-refractivity contribution in [2.75, 3.05) is 0 Å². The Morgan fingerprint density at radius 2 is 1.50 bits per heavy atom. The molecular weight excluding hydrogens is 197 g/mol. The van der Waals surface area contributed by atoms with Crippen LogP contribution in [-0.2, 0) is 32.7 Å². The number of rotatable bonds is 2. The molecule has 0 aromatic heterocycles. The summed E-state index contributed by atoms with van der Waals surface area (Å²) in [5.41, 5.74) is 0.119. The Hall–Kier alpha value is 1.10. The Morgan fingerprint density at radius 3 is 1.50 bits per heavy atom. The molecule has 1 radical (unpaired) electrons. The molecule has 0 rings (SSSR count). The van der Waals surface area contributed by atoms with Gasteiger partial charge >= 0.3 is 0 Å². The molecule has 0 fully saturated rings. The fourth-order valence-electron chi connectivity index (χ4n) is 0.902. The molecule has 1 atom stereocenters. The molecule has 10 heavy (non-hydrogen) atoms. The Morgan fingerprint density at radius 1 is 1.20 bits per heavy atom. The molecule has 0 aliphatic rings. The van der Waals surface area contributed by atoms with Crippen molar-refractivity contribution in [2.24, 2.45) is 17.3 Å². The van der Waals surface area contributed by atoms with E-state index in [0.717, 1.165) is 0 Å². The molecule has 0 bridgehead atoms. The average molecular weight is 215 g/mol. The van der Waals surface area contributed by atoms with Crippen molar-refractivity contribution in [3.63, 3.8) is 0 Å². The summed E-state index contributed by atoms with van der Waals surface area (Å²) >= 11 is 0. The maximum absolute atomic E-state index is 4.05. The molecule has 0 spiro atoms. The molecule has 0 aliphatic heterocycles. The molecule has 0 nitrogen and oxygen atoms in total. The van der Waals surface area contributed by atoms with Gasteiger partial charge in [0.25, 0.3) is 0 Å². The normalized spacial score (nSPS) is 14.7. The van der Waals surface area contributed by atoms with E-state index in [4.69, 9.17) is 0 Å². The third-order valence-electron chi connectivity index (χ3n) is 1.81. The van der Waals surface area contributed by atoms with Gasteiger partial charge in [-0.1, -0.05) is 33.6 Å². The van der Waals surface area contributed by atoms with Crippen LogP contribution in [0.2, 0.25) is 0 Å². The summed E-state index contributed by atoms with van der Waals surface area (Å²) in [5, 5.41) is 0. The van der Waals surface area contributed by atoms with Crippen LogP contribution in [-0.4, -0.2) is 0 Å². The first-order valence-corrected chi connectivity index (χ1v) is 3.54. The zero-order valence-corrected chi connectivity index (χ0v) is 10.5. The first kappa shape index (κ1) is 13.7. The maximum atomic E-state index is 4.05. The molecule has 0 aliphatic carbocycles. The zero-order valence-electron chi connectivity index (χ0n) is 7.65. The molecule has 1 heteroatoms. The predicted molar refractivity (Wildman–Crippen MR) is 42.8 cm³/mol. The standard InChI is InChI=1S/C9H18.Y/c1-7(2)8(3)9(4,5)6;/h7-8H,3-4H2,1-2,5-6H3;/q-2;/t8-;/m0./s1. The zero-order chi connectivity index (χ0) is 7.65. The first-order valence-electron chi connectivity index (χ1n) is 3.54. The molecule has 0 unspecified atom stereocenters. The van der Waals surface area contributed by atoms with Crippen LogP contribution in [0, 0.1) is 31.1 Å². The third-order valence-corrected chi connectivity index (χ3v) is 1.81. The van der Waals surface area contributed by atoms with Crippen molar-refractivity contribution in [2.45, 2.75) is 27.7 Å². The summed E-state index contributed by atoms with van der Waals surface area (Å²) in [6, 6.07) is 0. The molecule has 0 saturated heterocycles. The van der Waals surface area contributed by atoms with Crippen molar-refractivity contribution in [3.05, 3.63) is 13.8 Å². The van der Waals surface area contributed by atoms with Gasteiger partial charge in [0.15, 0.2) is 0 Å². The molecule has 0 heterocycles. The average Bonchev–Trinajstić information content (AvgIpc) is 1.62. The van der Waals surface area contributed by atoms with Crippen LogP contribution in [0.25, 0.3) is 0 Å².